The van der Waals surface area contributed by atoms with Gasteiger partial charge in [0, 0.05) is 30.5 Å². The first kappa shape index (κ1) is 17.3. The summed E-state index contributed by atoms with van der Waals surface area (Å²) in [6.07, 6.45) is 10.8. The van der Waals surface area contributed by atoms with E-state index in [9.17, 15) is 4.79 Å². The molecule has 138 valence electrons. The van der Waals surface area contributed by atoms with Gasteiger partial charge in [-0.25, -0.2) is 4.68 Å². The molecular weight excluding hydrogens is 348 g/mol. The van der Waals surface area contributed by atoms with E-state index in [0.717, 1.165) is 24.9 Å². The number of thioether (sulfide) groups is 1. The zero-order valence-electron chi connectivity index (χ0n) is 14.8. The molecule has 7 nitrogen and oxygen atoms in total. The lowest BCUT2D eigenvalue weighted by Gasteiger charge is -2.44. The van der Waals surface area contributed by atoms with Gasteiger partial charge in [0.15, 0.2) is 5.82 Å². The molecule has 2 aromatic heterocycles. The molecule has 8 heteroatoms. The van der Waals surface area contributed by atoms with Crippen molar-refractivity contribution in [3.63, 3.8) is 0 Å². The van der Waals surface area contributed by atoms with Crippen molar-refractivity contribution in [2.75, 3.05) is 18.1 Å². The lowest BCUT2D eigenvalue weighted by molar-refractivity contribution is -0.134. The van der Waals surface area contributed by atoms with Gasteiger partial charge in [0.1, 0.15) is 0 Å². The van der Waals surface area contributed by atoms with E-state index < -0.39 is 0 Å². The lowest BCUT2D eigenvalue weighted by Crippen LogP contribution is -2.50. The van der Waals surface area contributed by atoms with E-state index in [1.165, 1.54) is 42.1 Å². The van der Waals surface area contributed by atoms with Crippen LogP contribution < -0.4 is 5.84 Å². The predicted octanol–water partition coefficient (Wildman–Crippen LogP) is 2.33. The van der Waals surface area contributed by atoms with Crippen molar-refractivity contribution in [2.24, 2.45) is 5.92 Å². The number of pyridine rings is 1. The number of fused-ring (bicyclic) bond motifs is 1. The number of piperidine rings is 1. The summed E-state index contributed by atoms with van der Waals surface area (Å²) >= 11 is 1.36. The summed E-state index contributed by atoms with van der Waals surface area (Å²) in [6, 6.07) is 4.15. The summed E-state index contributed by atoms with van der Waals surface area (Å²) in [4.78, 5) is 19.0. The van der Waals surface area contributed by atoms with E-state index in [1.807, 2.05) is 12.1 Å². The van der Waals surface area contributed by atoms with Gasteiger partial charge in [-0.05, 0) is 43.7 Å². The summed E-state index contributed by atoms with van der Waals surface area (Å²) in [5.74, 6) is 7.92. The summed E-state index contributed by atoms with van der Waals surface area (Å²) in [5, 5.41) is 8.84. The molecule has 0 unspecified atom stereocenters. The van der Waals surface area contributed by atoms with E-state index in [4.69, 9.17) is 5.84 Å². The van der Waals surface area contributed by atoms with E-state index in [2.05, 4.69) is 20.1 Å². The smallest absolute Gasteiger partial charge is 0.233 e. The van der Waals surface area contributed by atoms with Crippen molar-refractivity contribution in [2.45, 2.75) is 49.7 Å². The number of hydrogen-bond donors (Lipinski definition) is 1. The third kappa shape index (κ3) is 3.42. The molecule has 3 heterocycles. The number of nitrogens with zero attached hydrogens (tertiary/aromatic N) is 5. The fourth-order valence-corrected chi connectivity index (χ4v) is 4.95. The number of carbonyl (C=O) groups excluding carboxylic acids is 1. The Bertz CT molecular complexity index is 762. The Kier molecular flexibility index (Phi) is 5.10. The Morgan fingerprint density at radius 3 is 2.92 bits per heavy atom. The minimum atomic E-state index is 0.192. The number of carbonyl (C=O) groups is 1. The molecule has 26 heavy (non-hydrogen) atoms. The molecule has 1 amide bonds. The maximum absolute atomic E-state index is 12.8. The van der Waals surface area contributed by atoms with Gasteiger partial charge in [-0.2, -0.15) is 0 Å². The molecule has 2 fully saturated rings. The van der Waals surface area contributed by atoms with Crippen LogP contribution >= 0.6 is 11.8 Å². The van der Waals surface area contributed by atoms with Crippen LogP contribution in [0.15, 0.2) is 29.7 Å². The van der Waals surface area contributed by atoms with Crippen LogP contribution in [0.25, 0.3) is 11.4 Å². The standard InChI is InChI=1S/C18H24N6OS/c19-24-17(14-6-3-9-20-11-14)21-22-18(24)26-12-16(25)23-10-4-7-13-5-1-2-8-15(13)23/h3,6,9,11,13,15H,1-2,4-5,7-8,10,12,19H2/t13-,15-/m0/s1. The molecule has 4 rings (SSSR count). The van der Waals surface area contributed by atoms with Crippen LogP contribution in [0.3, 0.4) is 0 Å². The van der Waals surface area contributed by atoms with Gasteiger partial charge in [0.2, 0.25) is 11.1 Å². The normalized spacial score (nSPS) is 22.8. The molecule has 2 N–H and O–H groups in total. The largest absolute Gasteiger partial charge is 0.339 e. The highest BCUT2D eigenvalue weighted by molar-refractivity contribution is 7.99. The van der Waals surface area contributed by atoms with Gasteiger partial charge in [-0.15, -0.1) is 10.2 Å². The van der Waals surface area contributed by atoms with Crippen LogP contribution in [-0.4, -0.2) is 49.0 Å². The molecule has 0 spiro atoms. The molecule has 2 atom stereocenters. The number of likely N-dealkylation sites (tertiary alicyclic amines) is 1. The molecule has 1 saturated heterocycles. The summed E-state index contributed by atoms with van der Waals surface area (Å²) in [5.41, 5.74) is 0.807. The fraction of sp³-hybridized carbons (Fsp3) is 0.556. The molecule has 1 aliphatic heterocycles. The first-order valence-corrected chi connectivity index (χ1v) is 10.3. The predicted molar refractivity (Wildman–Crippen MR) is 101 cm³/mol. The van der Waals surface area contributed by atoms with Crippen LogP contribution in [0, 0.1) is 5.92 Å². The van der Waals surface area contributed by atoms with Gasteiger partial charge < -0.3 is 10.7 Å². The zero-order chi connectivity index (χ0) is 17.9. The van der Waals surface area contributed by atoms with E-state index in [0.29, 0.717) is 28.7 Å². The monoisotopic (exact) mass is 372 g/mol. The summed E-state index contributed by atoms with van der Waals surface area (Å²) in [6.45, 7) is 0.886. The maximum Gasteiger partial charge on any atom is 0.233 e. The number of amides is 1. The van der Waals surface area contributed by atoms with E-state index in [-0.39, 0.29) is 5.91 Å². The Morgan fingerprint density at radius 1 is 1.23 bits per heavy atom. The Balaban J connectivity index is 1.41. The van der Waals surface area contributed by atoms with Crippen molar-refractivity contribution in [1.29, 1.82) is 0 Å². The summed E-state index contributed by atoms with van der Waals surface area (Å²) in [7, 11) is 0. The van der Waals surface area contributed by atoms with Gasteiger partial charge in [0.25, 0.3) is 0 Å². The van der Waals surface area contributed by atoms with Crippen LogP contribution in [0.2, 0.25) is 0 Å². The number of nitrogens with two attached hydrogens (primary N) is 1. The number of rotatable bonds is 4. The quantitative estimate of drug-likeness (QED) is 0.654. The molecule has 2 aliphatic rings. The van der Waals surface area contributed by atoms with E-state index >= 15 is 0 Å². The summed E-state index contributed by atoms with van der Waals surface area (Å²) < 4.78 is 1.44. The zero-order valence-corrected chi connectivity index (χ0v) is 15.6. The van der Waals surface area contributed by atoms with Gasteiger partial charge in [0.05, 0.1) is 5.75 Å². The third-order valence-electron chi connectivity index (χ3n) is 5.47. The van der Waals surface area contributed by atoms with Crippen LogP contribution in [0.1, 0.15) is 38.5 Å². The second-order valence-corrected chi connectivity index (χ2v) is 7.99. The van der Waals surface area contributed by atoms with Crippen molar-refractivity contribution in [1.82, 2.24) is 24.8 Å². The molecule has 2 aromatic rings. The second-order valence-electron chi connectivity index (χ2n) is 7.05. The fourth-order valence-electron chi connectivity index (χ4n) is 4.21. The molecule has 0 radical (unpaired) electrons. The average Bonchev–Trinajstić information content (AvgIpc) is 3.07. The van der Waals surface area contributed by atoms with Crippen molar-refractivity contribution in [3.05, 3.63) is 24.5 Å². The molecule has 1 aliphatic carbocycles. The highest BCUT2D eigenvalue weighted by Gasteiger charge is 2.35. The van der Waals surface area contributed by atoms with Gasteiger partial charge in [-0.1, -0.05) is 24.6 Å². The number of hydrogen-bond acceptors (Lipinski definition) is 6. The maximum atomic E-state index is 12.8. The second kappa shape index (κ2) is 7.65. The Morgan fingerprint density at radius 2 is 2.08 bits per heavy atom. The minimum absolute atomic E-state index is 0.192. The Labute approximate surface area is 157 Å². The molecule has 0 aromatic carbocycles. The third-order valence-corrected chi connectivity index (χ3v) is 6.40. The number of nitrogen functional groups attached to an aromatic ring is 1. The molecule has 0 bridgehead atoms. The first-order valence-electron chi connectivity index (χ1n) is 9.27. The topological polar surface area (TPSA) is 89.9 Å². The average molecular weight is 372 g/mol. The van der Waals surface area contributed by atoms with Crippen LogP contribution in [0.5, 0.6) is 0 Å². The van der Waals surface area contributed by atoms with Crippen molar-refractivity contribution in [3.8, 4) is 11.4 Å². The minimum Gasteiger partial charge on any atom is -0.339 e. The van der Waals surface area contributed by atoms with Gasteiger partial charge >= 0.3 is 0 Å². The Hall–Kier alpha value is -2.09. The first-order chi connectivity index (χ1) is 12.7. The van der Waals surface area contributed by atoms with E-state index in [1.54, 1.807) is 12.4 Å². The highest BCUT2D eigenvalue weighted by Crippen LogP contribution is 2.35. The molecule has 1 saturated carbocycles. The SMILES string of the molecule is Nn1c(SCC(=O)N2CCC[C@@H]3CCCC[C@@H]32)nnc1-c1cccnc1. The van der Waals surface area contributed by atoms with Crippen LogP contribution in [0.4, 0.5) is 0 Å². The highest BCUT2D eigenvalue weighted by atomic mass is 32.2. The van der Waals surface area contributed by atoms with Crippen molar-refractivity contribution < 1.29 is 4.79 Å². The molecular formula is C18H24N6OS. The van der Waals surface area contributed by atoms with Crippen LogP contribution in [-0.2, 0) is 4.79 Å². The van der Waals surface area contributed by atoms with Gasteiger partial charge in [-0.3, -0.25) is 9.78 Å². The lowest BCUT2D eigenvalue weighted by atomic mass is 9.78. The number of aromatic nitrogens is 4. The van der Waals surface area contributed by atoms with Crippen molar-refractivity contribution >= 4 is 17.7 Å².